The fourth-order valence-electron chi connectivity index (χ4n) is 0.466. The SMILES string of the molecule is O=C(O)/C=C/CSSSC/C=C/C(=O)O. The Balaban J connectivity index is 3.25. The van der Waals surface area contributed by atoms with Crippen LogP contribution in [-0.4, -0.2) is 33.7 Å². The van der Waals surface area contributed by atoms with Gasteiger partial charge in [-0.25, -0.2) is 9.59 Å². The molecule has 0 saturated heterocycles. The van der Waals surface area contributed by atoms with Crippen LogP contribution in [0.5, 0.6) is 0 Å². The number of carboxylic acid groups (broad SMARTS) is 2. The number of hydrogen-bond donors (Lipinski definition) is 2. The van der Waals surface area contributed by atoms with Crippen LogP contribution in [-0.2, 0) is 9.59 Å². The van der Waals surface area contributed by atoms with Gasteiger partial charge in [-0.2, -0.15) is 0 Å². The van der Waals surface area contributed by atoms with Crippen LogP contribution < -0.4 is 0 Å². The predicted octanol–water partition coefficient (Wildman–Crippen LogP) is 2.30. The standard InChI is InChI=1S/C8H10O4S3/c9-7(10)3-1-5-13-15-14-6-2-4-8(11)12/h1-4H,5-6H2,(H,9,10)(H,11,12)/b3-1+,4-2+. The Morgan fingerprint density at radius 1 is 0.933 bits per heavy atom. The minimum atomic E-state index is -0.947. The highest BCUT2D eigenvalue weighted by molar-refractivity contribution is 9.09. The van der Waals surface area contributed by atoms with Crippen LogP contribution in [0.1, 0.15) is 0 Å². The van der Waals surface area contributed by atoms with Gasteiger partial charge in [0.25, 0.3) is 0 Å². The molecular formula is C8H10O4S3. The lowest BCUT2D eigenvalue weighted by molar-refractivity contribution is -0.132. The predicted molar refractivity (Wildman–Crippen MR) is 66.1 cm³/mol. The molecule has 0 bridgehead atoms. The second-order valence-electron chi connectivity index (χ2n) is 2.12. The first-order valence-electron chi connectivity index (χ1n) is 3.83. The van der Waals surface area contributed by atoms with E-state index in [9.17, 15) is 9.59 Å². The lowest BCUT2D eigenvalue weighted by Gasteiger charge is -1.93. The van der Waals surface area contributed by atoms with Crippen LogP contribution in [0.2, 0.25) is 0 Å². The third kappa shape index (κ3) is 13.5. The van der Waals surface area contributed by atoms with Crippen molar-refractivity contribution in [3.05, 3.63) is 24.3 Å². The van der Waals surface area contributed by atoms with Crippen molar-refractivity contribution in [3.63, 3.8) is 0 Å². The van der Waals surface area contributed by atoms with Gasteiger partial charge in [-0.05, 0) is 9.83 Å². The molecule has 0 aromatic rings. The molecule has 0 aromatic carbocycles. The Hall–Kier alpha value is -0.530. The molecule has 0 fully saturated rings. The second-order valence-corrected chi connectivity index (χ2v) is 6.44. The van der Waals surface area contributed by atoms with Gasteiger partial charge in [0, 0.05) is 23.7 Å². The highest BCUT2D eigenvalue weighted by Crippen LogP contribution is 2.34. The molecular weight excluding hydrogens is 256 g/mol. The molecule has 84 valence electrons. The summed E-state index contributed by atoms with van der Waals surface area (Å²) in [6, 6.07) is 0. The monoisotopic (exact) mass is 266 g/mol. The second kappa shape index (κ2) is 10.0. The van der Waals surface area contributed by atoms with Crippen molar-refractivity contribution in [2.75, 3.05) is 11.5 Å². The summed E-state index contributed by atoms with van der Waals surface area (Å²) >= 11 is 0. The molecule has 0 heterocycles. The highest BCUT2D eigenvalue weighted by atomic mass is 33.5. The molecule has 0 aliphatic heterocycles. The molecule has 0 saturated carbocycles. The Morgan fingerprint density at radius 3 is 1.67 bits per heavy atom. The van der Waals surface area contributed by atoms with Gasteiger partial charge in [0.2, 0.25) is 0 Å². The van der Waals surface area contributed by atoms with Crippen molar-refractivity contribution in [2.24, 2.45) is 0 Å². The summed E-state index contributed by atoms with van der Waals surface area (Å²) in [6.07, 6.45) is 5.33. The molecule has 15 heavy (non-hydrogen) atoms. The lowest BCUT2D eigenvalue weighted by Crippen LogP contribution is -1.86. The zero-order chi connectivity index (χ0) is 11.5. The summed E-state index contributed by atoms with van der Waals surface area (Å²) in [6.45, 7) is 0. The van der Waals surface area contributed by atoms with Crippen LogP contribution in [0.3, 0.4) is 0 Å². The summed E-state index contributed by atoms with van der Waals surface area (Å²) in [5.74, 6) is -0.658. The third-order valence-electron chi connectivity index (χ3n) is 0.946. The Morgan fingerprint density at radius 2 is 1.33 bits per heavy atom. The Labute approximate surface area is 99.0 Å². The van der Waals surface area contributed by atoms with Crippen molar-refractivity contribution >= 4 is 43.4 Å². The molecule has 4 nitrogen and oxygen atoms in total. The number of hydrogen-bond acceptors (Lipinski definition) is 5. The number of aliphatic carboxylic acids is 2. The first kappa shape index (κ1) is 14.5. The molecule has 2 N–H and O–H groups in total. The summed E-state index contributed by atoms with van der Waals surface area (Å²) < 4.78 is 0. The summed E-state index contributed by atoms with van der Waals surface area (Å²) in [5.41, 5.74) is 0. The Kier molecular flexibility index (Phi) is 9.65. The lowest BCUT2D eigenvalue weighted by atomic mass is 10.5. The van der Waals surface area contributed by atoms with Gasteiger partial charge in [0.1, 0.15) is 0 Å². The average molecular weight is 266 g/mol. The Bertz CT molecular complexity index is 237. The molecule has 0 aliphatic carbocycles. The van der Waals surface area contributed by atoms with Crippen molar-refractivity contribution < 1.29 is 19.8 Å². The molecule has 0 unspecified atom stereocenters. The summed E-state index contributed by atoms with van der Waals surface area (Å²) in [5, 5.41) is 16.5. The van der Waals surface area contributed by atoms with Crippen LogP contribution in [0.15, 0.2) is 24.3 Å². The van der Waals surface area contributed by atoms with Gasteiger partial charge < -0.3 is 10.2 Å². The molecule has 0 aromatic heterocycles. The maximum absolute atomic E-state index is 10.1. The molecule has 0 spiro atoms. The topological polar surface area (TPSA) is 74.6 Å². The molecule has 0 rings (SSSR count). The van der Waals surface area contributed by atoms with E-state index in [-0.39, 0.29) is 0 Å². The van der Waals surface area contributed by atoms with E-state index < -0.39 is 11.9 Å². The van der Waals surface area contributed by atoms with E-state index in [0.717, 1.165) is 12.2 Å². The van der Waals surface area contributed by atoms with E-state index in [0.29, 0.717) is 11.5 Å². The molecule has 0 radical (unpaired) electrons. The maximum atomic E-state index is 10.1. The van der Waals surface area contributed by atoms with Gasteiger partial charge >= 0.3 is 11.9 Å². The fourth-order valence-corrected chi connectivity index (χ4v) is 3.62. The zero-order valence-corrected chi connectivity index (χ0v) is 10.1. The maximum Gasteiger partial charge on any atom is 0.328 e. The fraction of sp³-hybridized carbons (Fsp3) is 0.250. The van der Waals surface area contributed by atoms with E-state index in [1.807, 2.05) is 0 Å². The average Bonchev–Trinajstić information content (AvgIpc) is 2.14. The van der Waals surface area contributed by atoms with Crippen molar-refractivity contribution in [2.45, 2.75) is 0 Å². The van der Waals surface area contributed by atoms with Crippen LogP contribution >= 0.6 is 31.4 Å². The first-order valence-corrected chi connectivity index (χ1v) is 7.65. The van der Waals surface area contributed by atoms with Crippen molar-refractivity contribution in [3.8, 4) is 0 Å². The summed E-state index contributed by atoms with van der Waals surface area (Å²) in [7, 11) is 4.51. The smallest absolute Gasteiger partial charge is 0.328 e. The van der Waals surface area contributed by atoms with Crippen LogP contribution in [0, 0.1) is 0 Å². The first-order chi connectivity index (χ1) is 7.13. The van der Waals surface area contributed by atoms with E-state index in [1.165, 1.54) is 31.4 Å². The number of carbonyl (C=O) groups is 2. The largest absolute Gasteiger partial charge is 0.478 e. The quantitative estimate of drug-likeness (QED) is 0.396. The van der Waals surface area contributed by atoms with Crippen molar-refractivity contribution in [1.82, 2.24) is 0 Å². The minimum Gasteiger partial charge on any atom is -0.478 e. The molecule has 7 heteroatoms. The van der Waals surface area contributed by atoms with E-state index in [2.05, 4.69) is 0 Å². The number of carboxylic acids is 2. The number of rotatable bonds is 8. The van der Waals surface area contributed by atoms with Gasteiger partial charge in [-0.1, -0.05) is 33.7 Å². The van der Waals surface area contributed by atoms with E-state index >= 15 is 0 Å². The van der Waals surface area contributed by atoms with Crippen LogP contribution in [0.4, 0.5) is 0 Å². The summed E-state index contributed by atoms with van der Waals surface area (Å²) in [4.78, 5) is 20.1. The van der Waals surface area contributed by atoms with Crippen molar-refractivity contribution in [1.29, 1.82) is 0 Å². The van der Waals surface area contributed by atoms with E-state index in [4.69, 9.17) is 10.2 Å². The van der Waals surface area contributed by atoms with Gasteiger partial charge in [0.05, 0.1) is 0 Å². The zero-order valence-electron chi connectivity index (χ0n) is 7.66. The van der Waals surface area contributed by atoms with Gasteiger partial charge in [0.15, 0.2) is 0 Å². The van der Waals surface area contributed by atoms with E-state index in [1.54, 1.807) is 12.2 Å². The molecule has 0 amide bonds. The minimum absolute atomic E-state index is 0.618. The van der Waals surface area contributed by atoms with Crippen LogP contribution in [0.25, 0.3) is 0 Å². The normalized spacial score (nSPS) is 11.2. The third-order valence-corrected chi connectivity index (χ3v) is 4.92. The molecule has 0 atom stereocenters. The highest BCUT2D eigenvalue weighted by Gasteiger charge is 1.90. The van der Waals surface area contributed by atoms with Gasteiger partial charge in [-0.3, -0.25) is 0 Å². The van der Waals surface area contributed by atoms with Gasteiger partial charge in [-0.15, -0.1) is 0 Å². The molecule has 0 aliphatic rings.